The molecule has 0 atom stereocenters. The Labute approximate surface area is 131 Å². The summed E-state index contributed by atoms with van der Waals surface area (Å²) in [5.74, 6) is 1.65. The molecule has 0 bridgehead atoms. The summed E-state index contributed by atoms with van der Waals surface area (Å²) in [5, 5.41) is 0. The van der Waals surface area contributed by atoms with Crippen molar-refractivity contribution in [2.75, 3.05) is 27.9 Å². The molecule has 0 fully saturated rings. The number of hydrogen-bond acceptors (Lipinski definition) is 5. The van der Waals surface area contributed by atoms with Crippen molar-refractivity contribution in [3.05, 3.63) is 23.3 Å². The zero-order valence-electron chi connectivity index (χ0n) is 14.1. The molecule has 1 aromatic rings. The van der Waals surface area contributed by atoms with Crippen molar-refractivity contribution in [2.45, 2.75) is 26.7 Å². The Balaban J connectivity index is 3.42. The van der Waals surface area contributed by atoms with Gasteiger partial charge in [-0.1, -0.05) is 13.8 Å². The minimum atomic E-state index is -0.407. The smallest absolute Gasteiger partial charge is 0.330 e. The summed E-state index contributed by atoms with van der Waals surface area (Å²) >= 11 is 0. The molecular formula is C17H24O5. The van der Waals surface area contributed by atoms with E-state index in [2.05, 4.69) is 0 Å². The van der Waals surface area contributed by atoms with Crippen LogP contribution in [0.2, 0.25) is 0 Å². The average molecular weight is 308 g/mol. The standard InChI is InChI=1S/C17H24O5/c1-7-22-14(18)9-8-12-10-13(19-4)15(11(2)3)17(21-6)16(12)20-5/h8-11H,7H2,1-6H3/b9-8+. The fourth-order valence-corrected chi connectivity index (χ4v) is 2.25. The molecule has 0 spiro atoms. The number of carbonyl (C=O) groups excluding carboxylic acids is 1. The van der Waals surface area contributed by atoms with E-state index in [1.165, 1.54) is 6.08 Å². The van der Waals surface area contributed by atoms with Crippen LogP contribution in [0.15, 0.2) is 12.1 Å². The second-order valence-electron chi connectivity index (χ2n) is 4.89. The summed E-state index contributed by atoms with van der Waals surface area (Å²) in [6.45, 7) is 6.19. The summed E-state index contributed by atoms with van der Waals surface area (Å²) in [6.07, 6.45) is 2.99. The van der Waals surface area contributed by atoms with Crippen LogP contribution in [0.4, 0.5) is 0 Å². The number of carbonyl (C=O) groups is 1. The Morgan fingerprint density at radius 1 is 1.14 bits per heavy atom. The average Bonchev–Trinajstić information content (AvgIpc) is 2.50. The maximum atomic E-state index is 11.5. The van der Waals surface area contributed by atoms with Gasteiger partial charge in [0.05, 0.1) is 27.9 Å². The van der Waals surface area contributed by atoms with Crippen LogP contribution >= 0.6 is 0 Å². The van der Waals surface area contributed by atoms with Crippen LogP contribution in [0.25, 0.3) is 6.08 Å². The van der Waals surface area contributed by atoms with Crippen LogP contribution in [0.3, 0.4) is 0 Å². The molecule has 0 N–H and O–H groups in total. The molecular weight excluding hydrogens is 284 g/mol. The predicted octanol–water partition coefficient (Wildman–Crippen LogP) is 3.41. The quantitative estimate of drug-likeness (QED) is 0.571. The van der Waals surface area contributed by atoms with E-state index in [0.29, 0.717) is 29.4 Å². The van der Waals surface area contributed by atoms with E-state index in [1.54, 1.807) is 34.3 Å². The molecule has 0 aliphatic carbocycles. The van der Waals surface area contributed by atoms with Crippen LogP contribution in [0, 0.1) is 0 Å². The van der Waals surface area contributed by atoms with Crippen molar-refractivity contribution in [1.82, 2.24) is 0 Å². The topological polar surface area (TPSA) is 54.0 Å². The van der Waals surface area contributed by atoms with Gasteiger partial charge in [0.1, 0.15) is 5.75 Å². The highest BCUT2D eigenvalue weighted by atomic mass is 16.5. The molecule has 0 aliphatic heterocycles. The normalized spacial score (nSPS) is 10.9. The summed E-state index contributed by atoms with van der Waals surface area (Å²) in [5.41, 5.74) is 1.61. The van der Waals surface area contributed by atoms with Crippen LogP contribution in [-0.4, -0.2) is 33.9 Å². The summed E-state index contributed by atoms with van der Waals surface area (Å²) in [4.78, 5) is 11.5. The molecule has 0 aliphatic rings. The SMILES string of the molecule is CCOC(=O)/C=C/c1cc(OC)c(C(C)C)c(OC)c1OC. The van der Waals surface area contributed by atoms with Crippen molar-refractivity contribution in [3.63, 3.8) is 0 Å². The van der Waals surface area contributed by atoms with Gasteiger partial charge in [-0.2, -0.15) is 0 Å². The predicted molar refractivity (Wildman–Crippen MR) is 85.9 cm³/mol. The Kier molecular flexibility index (Phi) is 6.76. The number of ether oxygens (including phenoxy) is 4. The Hall–Kier alpha value is -2.17. The molecule has 0 unspecified atom stereocenters. The highest BCUT2D eigenvalue weighted by Crippen LogP contribution is 2.44. The molecule has 22 heavy (non-hydrogen) atoms. The van der Waals surface area contributed by atoms with E-state index in [9.17, 15) is 4.79 Å². The third-order valence-corrected chi connectivity index (χ3v) is 3.16. The lowest BCUT2D eigenvalue weighted by atomic mass is 9.97. The van der Waals surface area contributed by atoms with E-state index in [0.717, 1.165) is 5.56 Å². The van der Waals surface area contributed by atoms with Crippen LogP contribution in [0.1, 0.15) is 37.8 Å². The largest absolute Gasteiger partial charge is 0.496 e. The van der Waals surface area contributed by atoms with Crippen molar-refractivity contribution >= 4 is 12.0 Å². The van der Waals surface area contributed by atoms with Crippen LogP contribution in [-0.2, 0) is 9.53 Å². The van der Waals surface area contributed by atoms with Gasteiger partial charge < -0.3 is 18.9 Å². The first-order valence-electron chi connectivity index (χ1n) is 7.17. The maximum Gasteiger partial charge on any atom is 0.330 e. The van der Waals surface area contributed by atoms with Gasteiger partial charge in [0.15, 0.2) is 11.5 Å². The highest BCUT2D eigenvalue weighted by molar-refractivity contribution is 5.88. The second-order valence-corrected chi connectivity index (χ2v) is 4.89. The minimum Gasteiger partial charge on any atom is -0.496 e. The summed E-state index contributed by atoms with van der Waals surface area (Å²) < 4.78 is 21.3. The zero-order chi connectivity index (χ0) is 16.7. The van der Waals surface area contributed by atoms with E-state index in [1.807, 2.05) is 19.9 Å². The zero-order valence-corrected chi connectivity index (χ0v) is 14.1. The van der Waals surface area contributed by atoms with E-state index >= 15 is 0 Å². The minimum absolute atomic E-state index is 0.196. The summed E-state index contributed by atoms with van der Waals surface area (Å²) in [7, 11) is 4.75. The molecule has 0 aromatic heterocycles. The van der Waals surface area contributed by atoms with E-state index in [4.69, 9.17) is 18.9 Å². The molecule has 0 amide bonds. The van der Waals surface area contributed by atoms with Gasteiger partial charge >= 0.3 is 5.97 Å². The van der Waals surface area contributed by atoms with Gasteiger partial charge in [-0.25, -0.2) is 4.79 Å². The molecule has 1 rings (SSSR count). The molecule has 122 valence electrons. The third kappa shape index (κ3) is 3.93. The molecule has 0 saturated carbocycles. The first kappa shape index (κ1) is 17.9. The fraction of sp³-hybridized carbons (Fsp3) is 0.471. The summed E-state index contributed by atoms with van der Waals surface area (Å²) in [6, 6.07) is 1.83. The van der Waals surface area contributed by atoms with Gasteiger partial charge in [0, 0.05) is 17.2 Å². The van der Waals surface area contributed by atoms with Gasteiger partial charge in [-0.3, -0.25) is 0 Å². The molecule has 1 aromatic carbocycles. The Morgan fingerprint density at radius 3 is 2.23 bits per heavy atom. The first-order valence-corrected chi connectivity index (χ1v) is 7.17. The van der Waals surface area contributed by atoms with Crippen LogP contribution < -0.4 is 14.2 Å². The van der Waals surface area contributed by atoms with Crippen molar-refractivity contribution in [3.8, 4) is 17.2 Å². The number of methoxy groups -OCH3 is 3. The molecule has 0 saturated heterocycles. The fourth-order valence-electron chi connectivity index (χ4n) is 2.25. The lowest BCUT2D eigenvalue weighted by molar-refractivity contribution is -0.137. The maximum absolute atomic E-state index is 11.5. The molecule has 5 heteroatoms. The van der Waals surface area contributed by atoms with Crippen LogP contribution in [0.5, 0.6) is 17.2 Å². The van der Waals surface area contributed by atoms with Gasteiger partial charge in [0.2, 0.25) is 0 Å². The molecule has 5 nitrogen and oxygen atoms in total. The first-order chi connectivity index (χ1) is 10.5. The number of esters is 1. The Morgan fingerprint density at radius 2 is 1.77 bits per heavy atom. The third-order valence-electron chi connectivity index (χ3n) is 3.16. The van der Waals surface area contributed by atoms with Gasteiger partial charge in [0.25, 0.3) is 0 Å². The number of rotatable bonds is 7. The Bertz CT molecular complexity index is 546. The van der Waals surface area contributed by atoms with Crippen molar-refractivity contribution in [1.29, 1.82) is 0 Å². The number of benzene rings is 1. The second kappa shape index (κ2) is 8.32. The lowest BCUT2D eigenvalue weighted by Crippen LogP contribution is -2.03. The van der Waals surface area contributed by atoms with E-state index in [-0.39, 0.29) is 5.92 Å². The number of hydrogen-bond donors (Lipinski definition) is 0. The van der Waals surface area contributed by atoms with Crippen molar-refractivity contribution < 1.29 is 23.7 Å². The highest BCUT2D eigenvalue weighted by Gasteiger charge is 2.21. The monoisotopic (exact) mass is 308 g/mol. The van der Waals surface area contributed by atoms with Crippen molar-refractivity contribution in [2.24, 2.45) is 0 Å². The lowest BCUT2D eigenvalue weighted by Gasteiger charge is -2.20. The van der Waals surface area contributed by atoms with E-state index < -0.39 is 5.97 Å². The van der Waals surface area contributed by atoms with Gasteiger partial charge in [-0.05, 0) is 25.0 Å². The van der Waals surface area contributed by atoms with Gasteiger partial charge in [-0.15, -0.1) is 0 Å². The molecule has 0 heterocycles. The molecule has 0 radical (unpaired) electrons.